The van der Waals surface area contributed by atoms with Crippen molar-refractivity contribution in [2.75, 3.05) is 13.2 Å². The molecule has 0 saturated heterocycles. The van der Waals surface area contributed by atoms with E-state index in [1.807, 2.05) is 13.8 Å². The Balaban J connectivity index is 3.89. The highest BCUT2D eigenvalue weighted by Gasteiger charge is 2.23. The number of hydrogen-bond donors (Lipinski definition) is 1. The van der Waals surface area contributed by atoms with Crippen molar-refractivity contribution >= 4 is 0 Å². The Kier molecular flexibility index (Phi) is 7.20. The molecule has 0 amide bonds. The summed E-state index contributed by atoms with van der Waals surface area (Å²) in [5, 5.41) is 8.83. The quantitative estimate of drug-likeness (QED) is 0.699. The highest BCUT2D eigenvalue weighted by molar-refractivity contribution is 4.72. The van der Waals surface area contributed by atoms with Gasteiger partial charge < -0.3 is 14.6 Å². The summed E-state index contributed by atoms with van der Waals surface area (Å²) in [7, 11) is 0. The van der Waals surface area contributed by atoms with Crippen LogP contribution in [0.3, 0.4) is 0 Å². The maximum absolute atomic E-state index is 8.83. The van der Waals surface area contributed by atoms with Crippen molar-refractivity contribution in [2.45, 2.75) is 65.8 Å². The molecule has 3 heteroatoms. The molecule has 1 N–H and O–H groups in total. The molecule has 16 heavy (non-hydrogen) atoms. The molecule has 0 aromatic carbocycles. The number of rotatable bonds is 8. The van der Waals surface area contributed by atoms with E-state index in [2.05, 4.69) is 27.7 Å². The molecule has 0 aromatic heterocycles. The van der Waals surface area contributed by atoms with E-state index in [0.717, 1.165) is 6.42 Å². The van der Waals surface area contributed by atoms with Crippen molar-refractivity contribution in [1.82, 2.24) is 0 Å². The summed E-state index contributed by atoms with van der Waals surface area (Å²) in [5.41, 5.74) is -0.112. The number of aliphatic hydroxyl groups excluding tert-OH is 1. The average Bonchev–Trinajstić information content (AvgIpc) is 2.11. The zero-order valence-electron chi connectivity index (χ0n) is 11.6. The normalized spacial score (nSPS) is 16.5. The fourth-order valence-corrected chi connectivity index (χ4v) is 1.96. The van der Waals surface area contributed by atoms with Crippen LogP contribution in [0, 0.1) is 5.92 Å². The first-order valence-corrected chi connectivity index (χ1v) is 6.17. The van der Waals surface area contributed by atoms with E-state index in [4.69, 9.17) is 14.6 Å². The SMILES string of the molecule is CC(C)CC(C)(C)OC(C)COC(C)CO. The molecule has 0 aliphatic heterocycles. The molecule has 3 nitrogen and oxygen atoms in total. The van der Waals surface area contributed by atoms with Crippen LogP contribution in [0.5, 0.6) is 0 Å². The van der Waals surface area contributed by atoms with Crippen LogP contribution in [-0.4, -0.2) is 36.1 Å². The number of ether oxygens (including phenoxy) is 2. The minimum Gasteiger partial charge on any atom is -0.394 e. The summed E-state index contributed by atoms with van der Waals surface area (Å²) in [4.78, 5) is 0. The van der Waals surface area contributed by atoms with Crippen LogP contribution in [0.15, 0.2) is 0 Å². The van der Waals surface area contributed by atoms with E-state index in [1.165, 1.54) is 0 Å². The van der Waals surface area contributed by atoms with Gasteiger partial charge in [-0.3, -0.25) is 0 Å². The lowest BCUT2D eigenvalue weighted by atomic mass is 9.96. The van der Waals surface area contributed by atoms with Crippen LogP contribution in [0.4, 0.5) is 0 Å². The van der Waals surface area contributed by atoms with E-state index in [1.54, 1.807) is 0 Å². The van der Waals surface area contributed by atoms with E-state index in [-0.39, 0.29) is 24.4 Å². The number of aliphatic hydroxyl groups is 1. The van der Waals surface area contributed by atoms with Gasteiger partial charge in [-0.15, -0.1) is 0 Å². The fraction of sp³-hybridized carbons (Fsp3) is 1.00. The van der Waals surface area contributed by atoms with Crippen molar-refractivity contribution in [3.05, 3.63) is 0 Å². The van der Waals surface area contributed by atoms with Crippen LogP contribution in [-0.2, 0) is 9.47 Å². The molecule has 98 valence electrons. The maximum Gasteiger partial charge on any atom is 0.0787 e. The second kappa shape index (κ2) is 7.25. The maximum atomic E-state index is 8.83. The van der Waals surface area contributed by atoms with Gasteiger partial charge >= 0.3 is 0 Å². The molecule has 0 aliphatic rings. The molecule has 0 spiro atoms. The zero-order chi connectivity index (χ0) is 12.8. The molecule has 0 aliphatic carbocycles. The third-order valence-corrected chi connectivity index (χ3v) is 2.29. The van der Waals surface area contributed by atoms with Crippen molar-refractivity contribution < 1.29 is 14.6 Å². The Morgan fingerprint density at radius 2 is 1.62 bits per heavy atom. The largest absolute Gasteiger partial charge is 0.394 e. The van der Waals surface area contributed by atoms with E-state index >= 15 is 0 Å². The molecule has 2 atom stereocenters. The minimum absolute atomic E-state index is 0.0576. The Hall–Kier alpha value is -0.120. The predicted molar refractivity (Wildman–Crippen MR) is 66.6 cm³/mol. The number of hydrogen-bond acceptors (Lipinski definition) is 3. The third-order valence-electron chi connectivity index (χ3n) is 2.29. The molecule has 0 radical (unpaired) electrons. The van der Waals surface area contributed by atoms with Crippen molar-refractivity contribution in [1.29, 1.82) is 0 Å². The van der Waals surface area contributed by atoms with E-state index in [9.17, 15) is 0 Å². The second-order valence-corrected chi connectivity index (χ2v) is 5.61. The van der Waals surface area contributed by atoms with Gasteiger partial charge in [0.25, 0.3) is 0 Å². The first kappa shape index (κ1) is 15.9. The molecule has 2 unspecified atom stereocenters. The van der Waals surface area contributed by atoms with Gasteiger partial charge in [-0.05, 0) is 40.0 Å². The van der Waals surface area contributed by atoms with Gasteiger partial charge in [0.05, 0.1) is 31.0 Å². The third kappa shape index (κ3) is 8.08. The smallest absolute Gasteiger partial charge is 0.0787 e. The van der Waals surface area contributed by atoms with Crippen molar-refractivity contribution in [2.24, 2.45) is 5.92 Å². The highest BCUT2D eigenvalue weighted by atomic mass is 16.6. The first-order chi connectivity index (χ1) is 7.26. The summed E-state index contributed by atoms with van der Waals surface area (Å²) >= 11 is 0. The molecule has 0 heterocycles. The lowest BCUT2D eigenvalue weighted by Gasteiger charge is -2.31. The van der Waals surface area contributed by atoms with Crippen molar-refractivity contribution in [3.63, 3.8) is 0 Å². The van der Waals surface area contributed by atoms with Crippen LogP contribution in [0.2, 0.25) is 0 Å². The zero-order valence-corrected chi connectivity index (χ0v) is 11.6. The summed E-state index contributed by atoms with van der Waals surface area (Å²) in [6, 6.07) is 0. The molecule has 0 saturated carbocycles. The lowest BCUT2D eigenvalue weighted by molar-refractivity contribution is -0.114. The topological polar surface area (TPSA) is 38.7 Å². The summed E-state index contributed by atoms with van der Waals surface area (Å²) in [6.45, 7) is 13.1. The van der Waals surface area contributed by atoms with Gasteiger partial charge in [0, 0.05) is 0 Å². The predicted octanol–water partition coefficient (Wildman–Crippen LogP) is 2.61. The van der Waals surface area contributed by atoms with E-state index < -0.39 is 0 Å². The van der Waals surface area contributed by atoms with Gasteiger partial charge in [0.2, 0.25) is 0 Å². The van der Waals surface area contributed by atoms with Gasteiger partial charge in [0.1, 0.15) is 0 Å². The van der Waals surface area contributed by atoms with Crippen LogP contribution in [0.1, 0.15) is 48.0 Å². The second-order valence-electron chi connectivity index (χ2n) is 5.61. The van der Waals surface area contributed by atoms with Crippen LogP contribution < -0.4 is 0 Å². The molecule has 0 bridgehead atoms. The van der Waals surface area contributed by atoms with Gasteiger partial charge in [-0.1, -0.05) is 13.8 Å². The molecule has 0 rings (SSSR count). The van der Waals surface area contributed by atoms with Gasteiger partial charge in [-0.2, -0.15) is 0 Å². The first-order valence-electron chi connectivity index (χ1n) is 6.17. The molecule has 0 aromatic rings. The van der Waals surface area contributed by atoms with Gasteiger partial charge in [-0.25, -0.2) is 0 Å². The fourth-order valence-electron chi connectivity index (χ4n) is 1.96. The molecule has 0 fully saturated rings. The van der Waals surface area contributed by atoms with E-state index in [0.29, 0.717) is 12.5 Å². The van der Waals surface area contributed by atoms with Crippen molar-refractivity contribution in [3.8, 4) is 0 Å². The van der Waals surface area contributed by atoms with Crippen LogP contribution in [0.25, 0.3) is 0 Å². The summed E-state index contributed by atoms with van der Waals surface area (Å²) < 4.78 is 11.4. The molecular weight excluding hydrogens is 204 g/mol. The van der Waals surface area contributed by atoms with Crippen LogP contribution >= 0.6 is 0 Å². The Bertz CT molecular complexity index is 178. The summed E-state index contributed by atoms with van der Waals surface area (Å²) in [6.07, 6.45) is 0.981. The summed E-state index contributed by atoms with van der Waals surface area (Å²) in [5.74, 6) is 0.625. The van der Waals surface area contributed by atoms with Gasteiger partial charge in [0.15, 0.2) is 0 Å². The monoisotopic (exact) mass is 232 g/mol. The lowest BCUT2D eigenvalue weighted by Crippen LogP contribution is -2.34. The molecular formula is C13H28O3. The standard InChI is InChI=1S/C13H28O3/c1-10(2)7-13(5,6)16-12(4)9-15-11(3)8-14/h10-12,14H,7-9H2,1-6H3. The Morgan fingerprint density at radius 1 is 1.06 bits per heavy atom. The Labute approximate surface area is 100 Å². The minimum atomic E-state index is -0.112. The average molecular weight is 232 g/mol. The Morgan fingerprint density at radius 3 is 2.06 bits per heavy atom. The highest BCUT2D eigenvalue weighted by Crippen LogP contribution is 2.22.